The molecule has 76 valence electrons. The maximum absolute atomic E-state index is 11.5. The Morgan fingerprint density at radius 2 is 2.00 bits per heavy atom. The number of alkyl halides is 3. The fourth-order valence-corrected chi connectivity index (χ4v) is 0.581. The third-order valence-electron chi connectivity index (χ3n) is 1.15. The summed E-state index contributed by atoms with van der Waals surface area (Å²) in [6, 6.07) is 0. The van der Waals surface area contributed by atoms with Gasteiger partial charge in [-0.15, -0.1) is 0 Å². The highest BCUT2D eigenvalue weighted by molar-refractivity contribution is 5.32. The SMILES string of the molecule is O=C=NCCCOCCC(F)(F)F. The number of aliphatic imine (C=N–C) groups is 1. The third-order valence-corrected chi connectivity index (χ3v) is 1.15. The molecule has 0 aromatic carbocycles. The zero-order valence-corrected chi connectivity index (χ0v) is 6.93. The Balaban J connectivity index is 3.13. The average Bonchev–Trinajstić information content (AvgIpc) is 2.01. The summed E-state index contributed by atoms with van der Waals surface area (Å²) in [4.78, 5) is 12.8. The number of isocyanates is 1. The largest absolute Gasteiger partial charge is 0.391 e. The second kappa shape index (κ2) is 6.62. The Kier molecular flexibility index (Phi) is 6.18. The quantitative estimate of drug-likeness (QED) is 0.369. The highest BCUT2D eigenvalue weighted by Gasteiger charge is 2.26. The molecule has 0 aliphatic rings. The van der Waals surface area contributed by atoms with E-state index in [9.17, 15) is 18.0 Å². The topological polar surface area (TPSA) is 38.7 Å². The summed E-state index contributed by atoms with van der Waals surface area (Å²) in [7, 11) is 0. The van der Waals surface area contributed by atoms with Gasteiger partial charge in [0.05, 0.1) is 19.6 Å². The van der Waals surface area contributed by atoms with Gasteiger partial charge in [-0.05, 0) is 6.42 Å². The average molecular weight is 197 g/mol. The van der Waals surface area contributed by atoms with Gasteiger partial charge in [-0.1, -0.05) is 0 Å². The molecule has 0 amide bonds. The van der Waals surface area contributed by atoms with Crippen molar-refractivity contribution in [3.8, 4) is 0 Å². The molecule has 0 spiro atoms. The summed E-state index contributed by atoms with van der Waals surface area (Å²) in [6.07, 6.45) is -3.35. The van der Waals surface area contributed by atoms with E-state index in [4.69, 9.17) is 0 Å². The molecule has 0 saturated carbocycles. The minimum absolute atomic E-state index is 0.182. The van der Waals surface area contributed by atoms with Crippen molar-refractivity contribution < 1.29 is 22.7 Å². The molecule has 0 unspecified atom stereocenters. The zero-order chi connectivity index (χ0) is 10.2. The number of halogens is 3. The lowest BCUT2D eigenvalue weighted by atomic mass is 10.4. The normalized spacial score (nSPS) is 11.0. The summed E-state index contributed by atoms with van der Waals surface area (Å²) >= 11 is 0. The summed E-state index contributed by atoms with van der Waals surface area (Å²) in [5.41, 5.74) is 0. The standard InChI is InChI=1S/C7H10F3NO2/c8-7(9,10)2-5-13-4-1-3-11-6-12/h1-5H2. The summed E-state index contributed by atoms with van der Waals surface area (Å²) < 4.78 is 39.3. The molecule has 0 bridgehead atoms. The molecule has 0 atom stereocenters. The summed E-state index contributed by atoms with van der Waals surface area (Å²) in [5.74, 6) is 0. The van der Waals surface area contributed by atoms with Crippen molar-refractivity contribution in [3.63, 3.8) is 0 Å². The van der Waals surface area contributed by atoms with Crippen molar-refractivity contribution in [1.82, 2.24) is 0 Å². The lowest BCUT2D eigenvalue weighted by Gasteiger charge is -2.05. The molecule has 0 heterocycles. The van der Waals surface area contributed by atoms with E-state index in [0.717, 1.165) is 0 Å². The van der Waals surface area contributed by atoms with Crippen LogP contribution in [0.4, 0.5) is 13.2 Å². The molecule has 6 heteroatoms. The maximum Gasteiger partial charge on any atom is 0.391 e. The van der Waals surface area contributed by atoms with Crippen molar-refractivity contribution in [1.29, 1.82) is 0 Å². The predicted molar refractivity (Wildman–Crippen MR) is 39.1 cm³/mol. The monoisotopic (exact) mass is 197 g/mol. The zero-order valence-electron chi connectivity index (χ0n) is 6.93. The molecule has 0 radical (unpaired) electrons. The summed E-state index contributed by atoms with van der Waals surface area (Å²) in [6.45, 7) is 0.0884. The van der Waals surface area contributed by atoms with E-state index in [1.54, 1.807) is 0 Å². The molecule has 0 rings (SSSR count). The lowest BCUT2D eigenvalue weighted by molar-refractivity contribution is -0.145. The number of nitrogens with zero attached hydrogens (tertiary/aromatic N) is 1. The van der Waals surface area contributed by atoms with Crippen LogP contribution in [0.25, 0.3) is 0 Å². The third kappa shape index (κ3) is 11.1. The molecule has 0 saturated heterocycles. The van der Waals surface area contributed by atoms with E-state index < -0.39 is 12.6 Å². The first kappa shape index (κ1) is 12.1. The van der Waals surface area contributed by atoms with Gasteiger partial charge < -0.3 is 4.74 Å². The van der Waals surface area contributed by atoms with E-state index in [1.807, 2.05) is 0 Å². The van der Waals surface area contributed by atoms with Gasteiger partial charge in [0.15, 0.2) is 0 Å². The van der Waals surface area contributed by atoms with Crippen LogP contribution in [0.5, 0.6) is 0 Å². The van der Waals surface area contributed by atoms with Crippen LogP contribution in [0.15, 0.2) is 4.99 Å². The van der Waals surface area contributed by atoms with Crippen molar-refractivity contribution in [2.45, 2.75) is 19.0 Å². The molecule has 0 aliphatic carbocycles. The number of ether oxygens (including phenoxy) is 1. The maximum atomic E-state index is 11.5. The van der Waals surface area contributed by atoms with Gasteiger partial charge >= 0.3 is 6.18 Å². The molecular formula is C7H10F3NO2. The second-order valence-electron chi connectivity index (χ2n) is 2.30. The van der Waals surface area contributed by atoms with Gasteiger partial charge in [-0.3, -0.25) is 0 Å². The molecule has 0 fully saturated rings. The Morgan fingerprint density at radius 1 is 1.31 bits per heavy atom. The van der Waals surface area contributed by atoms with Gasteiger partial charge in [0.1, 0.15) is 0 Å². The van der Waals surface area contributed by atoms with Crippen LogP contribution < -0.4 is 0 Å². The van der Waals surface area contributed by atoms with E-state index in [2.05, 4.69) is 9.73 Å². The molecule has 0 aromatic rings. The number of hydrogen-bond acceptors (Lipinski definition) is 3. The van der Waals surface area contributed by atoms with Crippen LogP contribution >= 0.6 is 0 Å². The van der Waals surface area contributed by atoms with Crippen molar-refractivity contribution >= 4 is 6.08 Å². The van der Waals surface area contributed by atoms with Gasteiger partial charge in [0, 0.05) is 6.61 Å². The molecular weight excluding hydrogens is 187 g/mol. The molecule has 13 heavy (non-hydrogen) atoms. The molecule has 0 aromatic heterocycles. The van der Waals surface area contributed by atoms with Crippen LogP contribution in [-0.4, -0.2) is 32.0 Å². The van der Waals surface area contributed by atoms with Gasteiger partial charge in [-0.25, -0.2) is 9.79 Å². The number of rotatable bonds is 6. The fourth-order valence-electron chi connectivity index (χ4n) is 0.581. The lowest BCUT2D eigenvalue weighted by Crippen LogP contribution is -2.12. The Morgan fingerprint density at radius 3 is 2.54 bits per heavy atom. The van der Waals surface area contributed by atoms with Crippen molar-refractivity contribution in [2.75, 3.05) is 19.8 Å². The van der Waals surface area contributed by atoms with E-state index in [0.29, 0.717) is 6.42 Å². The minimum Gasteiger partial charge on any atom is -0.381 e. The van der Waals surface area contributed by atoms with E-state index >= 15 is 0 Å². The van der Waals surface area contributed by atoms with E-state index in [-0.39, 0.29) is 19.8 Å². The van der Waals surface area contributed by atoms with Crippen LogP contribution in [-0.2, 0) is 9.53 Å². The Labute approximate surface area is 73.6 Å². The first-order valence-electron chi connectivity index (χ1n) is 3.74. The number of carbonyl (C=O) groups excluding carboxylic acids is 1. The summed E-state index contributed by atoms with van der Waals surface area (Å²) in [5, 5.41) is 0. The smallest absolute Gasteiger partial charge is 0.381 e. The predicted octanol–water partition coefficient (Wildman–Crippen LogP) is 1.68. The number of hydrogen-bond donors (Lipinski definition) is 0. The fraction of sp³-hybridized carbons (Fsp3) is 0.857. The first-order chi connectivity index (χ1) is 6.06. The second-order valence-corrected chi connectivity index (χ2v) is 2.30. The van der Waals surface area contributed by atoms with Crippen LogP contribution in [0, 0.1) is 0 Å². The van der Waals surface area contributed by atoms with Crippen LogP contribution in [0.3, 0.4) is 0 Å². The first-order valence-corrected chi connectivity index (χ1v) is 3.74. The van der Waals surface area contributed by atoms with Crippen LogP contribution in [0.2, 0.25) is 0 Å². The van der Waals surface area contributed by atoms with Crippen LogP contribution in [0.1, 0.15) is 12.8 Å². The van der Waals surface area contributed by atoms with E-state index in [1.165, 1.54) is 6.08 Å². The van der Waals surface area contributed by atoms with Gasteiger partial charge in [-0.2, -0.15) is 13.2 Å². The molecule has 0 aliphatic heterocycles. The van der Waals surface area contributed by atoms with Gasteiger partial charge in [0.2, 0.25) is 6.08 Å². The highest BCUT2D eigenvalue weighted by atomic mass is 19.4. The van der Waals surface area contributed by atoms with Crippen molar-refractivity contribution in [2.24, 2.45) is 4.99 Å². The minimum atomic E-state index is -4.17. The Hall–Kier alpha value is -0.870. The van der Waals surface area contributed by atoms with Crippen molar-refractivity contribution in [3.05, 3.63) is 0 Å². The molecule has 0 N–H and O–H groups in total. The molecule has 3 nitrogen and oxygen atoms in total. The van der Waals surface area contributed by atoms with Gasteiger partial charge in [0.25, 0.3) is 0 Å². The Bertz CT molecular complexity index is 175. The highest BCUT2D eigenvalue weighted by Crippen LogP contribution is 2.18.